The van der Waals surface area contributed by atoms with Crippen LogP contribution in [0.15, 0.2) is 45.7 Å². The van der Waals surface area contributed by atoms with E-state index >= 15 is 0 Å². The number of aromatic nitrogens is 2. The van der Waals surface area contributed by atoms with E-state index in [1.54, 1.807) is 7.11 Å². The Bertz CT molecular complexity index is 672. The predicted octanol–water partition coefficient (Wildman–Crippen LogP) is 3.37. The Morgan fingerprint density at radius 2 is 2.12 bits per heavy atom. The van der Waals surface area contributed by atoms with Crippen LogP contribution in [0, 0.1) is 0 Å². The second kappa shape index (κ2) is 3.92. The first-order chi connectivity index (χ1) is 8.26. The van der Waals surface area contributed by atoms with E-state index in [2.05, 4.69) is 20.9 Å². The maximum absolute atomic E-state index is 5.47. The summed E-state index contributed by atoms with van der Waals surface area (Å²) in [5.74, 6) is 1.53. The molecule has 3 rings (SSSR count). The first kappa shape index (κ1) is 10.4. The molecule has 0 N–H and O–H groups in total. The summed E-state index contributed by atoms with van der Waals surface area (Å²) in [6, 6.07) is 7.51. The van der Waals surface area contributed by atoms with Crippen molar-refractivity contribution in [3.63, 3.8) is 0 Å². The fraction of sp³-hybridized carbons (Fsp3) is 0.0833. The van der Waals surface area contributed by atoms with Gasteiger partial charge in [-0.25, -0.2) is 4.98 Å². The Balaban J connectivity index is 2.13. The molecule has 0 spiro atoms. The summed E-state index contributed by atoms with van der Waals surface area (Å²) in [6.45, 7) is 0. The van der Waals surface area contributed by atoms with Crippen molar-refractivity contribution in [2.75, 3.05) is 7.11 Å². The molecule has 0 bridgehead atoms. The highest BCUT2D eigenvalue weighted by molar-refractivity contribution is 9.10. The van der Waals surface area contributed by atoms with Gasteiger partial charge in [0.1, 0.15) is 17.1 Å². The number of halogens is 1. The van der Waals surface area contributed by atoms with E-state index in [0.29, 0.717) is 4.67 Å². The second-order valence-corrected chi connectivity index (χ2v) is 4.35. The van der Waals surface area contributed by atoms with E-state index in [1.807, 2.05) is 41.1 Å². The van der Waals surface area contributed by atoms with Gasteiger partial charge in [-0.05, 0) is 40.2 Å². The third kappa shape index (κ3) is 1.82. The fourth-order valence-electron chi connectivity index (χ4n) is 1.66. The maximum Gasteiger partial charge on any atom is 0.169 e. The highest BCUT2D eigenvalue weighted by Gasteiger charge is 2.08. The van der Waals surface area contributed by atoms with Crippen LogP contribution in [0.3, 0.4) is 0 Å². The van der Waals surface area contributed by atoms with Gasteiger partial charge in [-0.3, -0.25) is 0 Å². The van der Waals surface area contributed by atoms with Gasteiger partial charge in [-0.1, -0.05) is 0 Å². The SMILES string of the molecule is COc1ccc2nc(-c3ccc(Br)o3)cn2c1. The summed E-state index contributed by atoms with van der Waals surface area (Å²) in [4.78, 5) is 4.46. The first-order valence-corrected chi connectivity index (χ1v) is 5.84. The number of hydrogen-bond donors (Lipinski definition) is 0. The summed E-state index contributed by atoms with van der Waals surface area (Å²) in [6.07, 6.45) is 3.78. The topological polar surface area (TPSA) is 39.7 Å². The minimum Gasteiger partial charge on any atom is -0.495 e. The van der Waals surface area contributed by atoms with Crippen molar-refractivity contribution >= 4 is 21.6 Å². The molecule has 3 aromatic heterocycles. The normalized spacial score (nSPS) is 10.9. The Morgan fingerprint density at radius 1 is 1.24 bits per heavy atom. The van der Waals surface area contributed by atoms with E-state index in [1.165, 1.54) is 0 Å². The minimum absolute atomic E-state index is 0.696. The van der Waals surface area contributed by atoms with Crippen molar-refractivity contribution in [3.8, 4) is 17.2 Å². The van der Waals surface area contributed by atoms with E-state index in [-0.39, 0.29) is 0 Å². The lowest BCUT2D eigenvalue weighted by molar-refractivity contribution is 0.412. The largest absolute Gasteiger partial charge is 0.495 e. The molecule has 17 heavy (non-hydrogen) atoms. The zero-order chi connectivity index (χ0) is 11.8. The minimum atomic E-state index is 0.696. The summed E-state index contributed by atoms with van der Waals surface area (Å²) in [5, 5.41) is 0. The van der Waals surface area contributed by atoms with Crippen molar-refractivity contribution in [1.29, 1.82) is 0 Å². The van der Waals surface area contributed by atoms with Crippen LogP contribution in [0.25, 0.3) is 17.1 Å². The average molecular weight is 293 g/mol. The number of nitrogens with zero attached hydrogens (tertiary/aromatic N) is 2. The lowest BCUT2D eigenvalue weighted by atomic mass is 10.4. The molecule has 0 aliphatic carbocycles. The van der Waals surface area contributed by atoms with Crippen LogP contribution < -0.4 is 4.74 Å². The second-order valence-electron chi connectivity index (χ2n) is 3.56. The monoisotopic (exact) mass is 292 g/mol. The number of rotatable bonds is 2. The van der Waals surface area contributed by atoms with Crippen LogP contribution in [0.4, 0.5) is 0 Å². The van der Waals surface area contributed by atoms with Crippen LogP contribution in [0.5, 0.6) is 5.75 Å². The molecule has 0 aliphatic rings. The highest BCUT2D eigenvalue weighted by atomic mass is 79.9. The summed E-state index contributed by atoms with van der Waals surface area (Å²) in [7, 11) is 1.64. The Hall–Kier alpha value is -1.75. The molecule has 0 amide bonds. The van der Waals surface area contributed by atoms with Gasteiger partial charge in [-0.2, -0.15) is 0 Å². The van der Waals surface area contributed by atoms with Gasteiger partial charge in [0.25, 0.3) is 0 Å². The van der Waals surface area contributed by atoms with Crippen LogP contribution >= 0.6 is 15.9 Å². The van der Waals surface area contributed by atoms with E-state index in [0.717, 1.165) is 22.9 Å². The molecule has 0 aromatic carbocycles. The molecular weight excluding hydrogens is 284 g/mol. The van der Waals surface area contributed by atoms with Gasteiger partial charge in [0.2, 0.25) is 0 Å². The first-order valence-electron chi connectivity index (χ1n) is 5.05. The van der Waals surface area contributed by atoms with Crippen LogP contribution in [0.2, 0.25) is 0 Å². The van der Waals surface area contributed by atoms with Crippen LogP contribution in [-0.4, -0.2) is 16.5 Å². The average Bonchev–Trinajstić information content (AvgIpc) is 2.93. The third-order valence-electron chi connectivity index (χ3n) is 2.49. The summed E-state index contributed by atoms with van der Waals surface area (Å²) in [5.41, 5.74) is 1.65. The molecule has 0 unspecified atom stereocenters. The van der Waals surface area contributed by atoms with Gasteiger partial charge >= 0.3 is 0 Å². The molecular formula is C12H9BrN2O2. The van der Waals surface area contributed by atoms with E-state index in [9.17, 15) is 0 Å². The molecule has 0 atom stereocenters. The quantitative estimate of drug-likeness (QED) is 0.727. The van der Waals surface area contributed by atoms with E-state index < -0.39 is 0 Å². The lowest BCUT2D eigenvalue weighted by Crippen LogP contribution is -1.86. The Kier molecular flexibility index (Phi) is 2.40. The molecule has 3 heterocycles. The summed E-state index contributed by atoms with van der Waals surface area (Å²) < 4.78 is 13.2. The Morgan fingerprint density at radius 3 is 2.82 bits per heavy atom. The Labute approximate surface area is 106 Å². The van der Waals surface area contributed by atoms with Gasteiger partial charge in [0.05, 0.1) is 13.3 Å². The predicted molar refractivity (Wildman–Crippen MR) is 67.1 cm³/mol. The fourth-order valence-corrected chi connectivity index (χ4v) is 1.97. The number of fused-ring (bicyclic) bond motifs is 1. The number of methoxy groups -OCH3 is 1. The molecule has 0 saturated heterocycles. The number of pyridine rings is 1. The molecule has 0 fully saturated rings. The van der Waals surface area contributed by atoms with Gasteiger partial charge in [0, 0.05) is 6.20 Å². The molecule has 3 aromatic rings. The molecule has 0 saturated carbocycles. The standard InChI is InChI=1S/C12H9BrN2O2/c1-16-8-2-5-12-14-9(7-15(12)6-8)10-3-4-11(13)17-10/h2-7H,1H3. The molecule has 86 valence electrons. The molecule has 0 radical (unpaired) electrons. The third-order valence-corrected chi connectivity index (χ3v) is 2.91. The zero-order valence-corrected chi connectivity index (χ0v) is 10.6. The van der Waals surface area contributed by atoms with Crippen LogP contribution in [0.1, 0.15) is 0 Å². The maximum atomic E-state index is 5.47. The van der Waals surface area contributed by atoms with Gasteiger partial charge < -0.3 is 13.6 Å². The zero-order valence-electron chi connectivity index (χ0n) is 9.05. The molecule has 0 aliphatic heterocycles. The van der Waals surface area contributed by atoms with Crippen molar-refractivity contribution in [1.82, 2.24) is 9.38 Å². The number of furan rings is 1. The highest BCUT2D eigenvalue weighted by Crippen LogP contribution is 2.25. The smallest absolute Gasteiger partial charge is 0.169 e. The van der Waals surface area contributed by atoms with Gasteiger partial charge in [-0.15, -0.1) is 0 Å². The lowest BCUT2D eigenvalue weighted by Gasteiger charge is -1.98. The van der Waals surface area contributed by atoms with E-state index in [4.69, 9.17) is 9.15 Å². The summed E-state index contributed by atoms with van der Waals surface area (Å²) >= 11 is 3.27. The number of imidazole rings is 1. The van der Waals surface area contributed by atoms with Gasteiger partial charge in [0.15, 0.2) is 10.4 Å². The van der Waals surface area contributed by atoms with Crippen molar-refractivity contribution in [3.05, 3.63) is 41.3 Å². The number of ether oxygens (including phenoxy) is 1. The molecule has 4 nitrogen and oxygen atoms in total. The van der Waals surface area contributed by atoms with Crippen molar-refractivity contribution in [2.45, 2.75) is 0 Å². The van der Waals surface area contributed by atoms with Crippen molar-refractivity contribution < 1.29 is 9.15 Å². The van der Waals surface area contributed by atoms with Crippen molar-refractivity contribution in [2.24, 2.45) is 0 Å². The molecule has 5 heteroatoms. The number of hydrogen-bond acceptors (Lipinski definition) is 3. The van der Waals surface area contributed by atoms with Crippen LogP contribution in [-0.2, 0) is 0 Å².